The van der Waals surface area contributed by atoms with Crippen LogP contribution in [0.4, 0.5) is 0 Å². The molecule has 0 saturated heterocycles. The van der Waals surface area contributed by atoms with Crippen molar-refractivity contribution in [1.82, 2.24) is 0 Å². The Bertz CT molecular complexity index is 397. The van der Waals surface area contributed by atoms with Gasteiger partial charge in [0.1, 0.15) is 0 Å². The van der Waals surface area contributed by atoms with Crippen molar-refractivity contribution in [2.24, 2.45) is 0 Å². The van der Waals surface area contributed by atoms with Gasteiger partial charge in [-0.25, -0.2) is 0 Å². The third kappa shape index (κ3) is 1.06. The van der Waals surface area contributed by atoms with Gasteiger partial charge in [-0.3, -0.25) is 0 Å². The summed E-state index contributed by atoms with van der Waals surface area (Å²) in [5.74, 6) is 0. The Balaban J connectivity index is 2.95. The molecular weight excluding hydrogens is 240 g/mol. The molecule has 0 atom stereocenters. The molecule has 0 nitrogen and oxygen atoms in total. The van der Waals surface area contributed by atoms with E-state index >= 15 is 0 Å². The Labute approximate surface area is 82.0 Å². The van der Waals surface area contributed by atoms with Crippen LogP contribution in [0.3, 0.4) is 0 Å². The predicted molar refractivity (Wildman–Crippen MR) is 56.9 cm³/mol. The minimum Gasteiger partial charge on any atom is -0.132 e. The van der Waals surface area contributed by atoms with E-state index in [2.05, 4.69) is 35.2 Å². The van der Waals surface area contributed by atoms with Gasteiger partial charge >= 0.3 is 0 Å². The van der Waals surface area contributed by atoms with Gasteiger partial charge in [-0.1, -0.05) is 0 Å². The van der Waals surface area contributed by atoms with Crippen molar-refractivity contribution < 1.29 is 0 Å². The van der Waals surface area contributed by atoms with Crippen molar-refractivity contribution in [2.45, 2.75) is 13.8 Å². The summed E-state index contributed by atoms with van der Waals surface area (Å²) in [6, 6.07) is 0. The summed E-state index contributed by atoms with van der Waals surface area (Å²) in [7, 11) is 0. The third-order valence-electron chi connectivity index (χ3n) is 1.79. The molecule has 0 aromatic carbocycles. The first kappa shape index (κ1) is 7.77. The van der Waals surface area contributed by atoms with Crippen LogP contribution in [0.2, 0.25) is 0 Å². The standard InChI is InChI=1S/C8H7BrS2/c1-4-3-10-8-6(4)5(2)7(9)11-8/h3H,1-2H3. The number of hydrogen-bond acceptors (Lipinski definition) is 2. The second-order valence-electron chi connectivity index (χ2n) is 2.58. The first-order chi connectivity index (χ1) is 5.20. The van der Waals surface area contributed by atoms with E-state index < -0.39 is 0 Å². The van der Waals surface area contributed by atoms with E-state index in [9.17, 15) is 0 Å². The summed E-state index contributed by atoms with van der Waals surface area (Å²) in [6.45, 7) is 4.34. The van der Waals surface area contributed by atoms with E-state index in [1.807, 2.05) is 22.7 Å². The lowest BCUT2D eigenvalue weighted by atomic mass is 10.2. The highest BCUT2D eigenvalue weighted by Gasteiger charge is 2.09. The van der Waals surface area contributed by atoms with Crippen LogP contribution in [0.15, 0.2) is 9.17 Å². The number of rotatable bonds is 0. The van der Waals surface area contributed by atoms with Crippen LogP contribution in [0.1, 0.15) is 11.1 Å². The minimum absolute atomic E-state index is 1.28. The van der Waals surface area contributed by atoms with Crippen LogP contribution in [-0.4, -0.2) is 0 Å². The van der Waals surface area contributed by atoms with Crippen molar-refractivity contribution >= 4 is 48.0 Å². The summed E-state index contributed by atoms with van der Waals surface area (Å²) in [5, 5.41) is 3.67. The van der Waals surface area contributed by atoms with E-state index in [-0.39, 0.29) is 0 Å². The van der Waals surface area contributed by atoms with E-state index in [0.29, 0.717) is 0 Å². The van der Waals surface area contributed by atoms with E-state index in [1.54, 1.807) is 0 Å². The second-order valence-corrected chi connectivity index (χ2v) is 6.06. The molecule has 0 fully saturated rings. The van der Waals surface area contributed by atoms with Crippen LogP contribution in [0.5, 0.6) is 0 Å². The maximum Gasteiger partial charge on any atom is 0.0882 e. The van der Waals surface area contributed by atoms with Crippen LogP contribution >= 0.6 is 38.6 Å². The lowest BCUT2D eigenvalue weighted by Gasteiger charge is -1.87. The molecule has 0 bridgehead atoms. The third-order valence-corrected chi connectivity index (χ3v) is 5.18. The van der Waals surface area contributed by atoms with Crippen molar-refractivity contribution in [1.29, 1.82) is 0 Å². The number of thiophene rings is 2. The van der Waals surface area contributed by atoms with Crippen LogP contribution in [-0.2, 0) is 0 Å². The van der Waals surface area contributed by atoms with Gasteiger partial charge in [0.2, 0.25) is 0 Å². The molecule has 2 rings (SSSR count). The molecule has 58 valence electrons. The molecule has 0 saturated carbocycles. The van der Waals surface area contributed by atoms with Gasteiger partial charge in [0.05, 0.1) is 7.80 Å². The molecule has 0 aliphatic carbocycles. The highest BCUT2D eigenvalue weighted by molar-refractivity contribution is 9.11. The molecule has 0 aliphatic rings. The Kier molecular flexibility index (Phi) is 1.82. The Morgan fingerprint density at radius 1 is 1.36 bits per heavy atom. The fourth-order valence-electron chi connectivity index (χ4n) is 1.20. The average Bonchev–Trinajstić information content (AvgIpc) is 2.41. The molecule has 2 aromatic heterocycles. The summed E-state index contributed by atoms with van der Waals surface area (Å²) in [5.41, 5.74) is 2.80. The summed E-state index contributed by atoms with van der Waals surface area (Å²) >= 11 is 7.22. The lowest BCUT2D eigenvalue weighted by Crippen LogP contribution is -1.67. The van der Waals surface area contributed by atoms with Gasteiger partial charge in [0.15, 0.2) is 0 Å². The van der Waals surface area contributed by atoms with E-state index in [1.165, 1.54) is 24.3 Å². The zero-order valence-corrected chi connectivity index (χ0v) is 9.49. The van der Waals surface area contributed by atoms with Gasteiger partial charge in [0.25, 0.3) is 0 Å². The second kappa shape index (κ2) is 2.57. The quantitative estimate of drug-likeness (QED) is 0.649. The van der Waals surface area contributed by atoms with Crippen molar-refractivity contribution in [3.8, 4) is 0 Å². The molecule has 0 amide bonds. The van der Waals surface area contributed by atoms with E-state index in [4.69, 9.17) is 0 Å². The number of fused-ring (bicyclic) bond motifs is 1. The fourth-order valence-corrected chi connectivity index (χ4v) is 4.46. The molecule has 3 heteroatoms. The number of hydrogen-bond donors (Lipinski definition) is 0. The minimum atomic E-state index is 1.28. The first-order valence-corrected chi connectivity index (χ1v) is 5.81. The summed E-state index contributed by atoms with van der Waals surface area (Å²) < 4.78 is 2.72. The smallest absolute Gasteiger partial charge is 0.0882 e. The summed E-state index contributed by atoms with van der Waals surface area (Å²) in [4.78, 5) is 0. The molecule has 0 N–H and O–H groups in total. The Morgan fingerprint density at radius 2 is 2.09 bits per heavy atom. The normalized spacial score (nSPS) is 11.2. The zero-order chi connectivity index (χ0) is 8.01. The molecule has 0 spiro atoms. The van der Waals surface area contributed by atoms with Crippen LogP contribution in [0, 0.1) is 13.8 Å². The maximum atomic E-state index is 3.55. The van der Waals surface area contributed by atoms with Crippen molar-refractivity contribution in [3.05, 3.63) is 20.3 Å². The van der Waals surface area contributed by atoms with Gasteiger partial charge in [-0.05, 0) is 46.3 Å². The van der Waals surface area contributed by atoms with Gasteiger partial charge in [0, 0.05) is 5.39 Å². The van der Waals surface area contributed by atoms with E-state index in [0.717, 1.165) is 0 Å². The van der Waals surface area contributed by atoms with Crippen LogP contribution in [0.25, 0.3) is 9.40 Å². The largest absolute Gasteiger partial charge is 0.132 e. The molecule has 2 heterocycles. The fraction of sp³-hybridized carbons (Fsp3) is 0.250. The topological polar surface area (TPSA) is 0 Å². The Morgan fingerprint density at radius 3 is 2.73 bits per heavy atom. The molecule has 0 radical (unpaired) electrons. The van der Waals surface area contributed by atoms with Gasteiger partial charge in [-0.15, -0.1) is 22.7 Å². The molecular formula is C8H7BrS2. The van der Waals surface area contributed by atoms with Crippen LogP contribution < -0.4 is 0 Å². The highest BCUT2D eigenvalue weighted by Crippen LogP contribution is 2.40. The number of halogens is 1. The first-order valence-electron chi connectivity index (χ1n) is 3.33. The zero-order valence-electron chi connectivity index (χ0n) is 6.27. The SMILES string of the molecule is Cc1csc2sc(Br)c(C)c12. The molecule has 0 unspecified atom stereocenters. The monoisotopic (exact) mass is 246 g/mol. The van der Waals surface area contributed by atoms with Crippen molar-refractivity contribution in [2.75, 3.05) is 0 Å². The van der Waals surface area contributed by atoms with Gasteiger partial charge in [-0.2, -0.15) is 0 Å². The highest BCUT2D eigenvalue weighted by atomic mass is 79.9. The Hall–Kier alpha value is 0.140. The number of aryl methyl sites for hydroxylation is 2. The lowest BCUT2D eigenvalue weighted by molar-refractivity contribution is 1.52. The molecule has 2 aromatic rings. The van der Waals surface area contributed by atoms with Crippen molar-refractivity contribution in [3.63, 3.8) is 0 Å². The molecule has 11 heavy (non-hydrogen) atoms. The predicted octanol–water partition coefficient (Wildman–Crippen LogP) is 4.34. The van der Waals surface area contributed by atoms with Gasteiger partial charge < -0.3 is 0 Å². The average molecular weight is 247 g/mol. The summed E-state index contributed by atoms with van der Waals surface area (Å²) in [6.07, 6.45) is 0. The maximum absolute atomic E-state index is 3.55. The molecule has 0 aliphatic heterocycles.